The van der Waals surface area contributed by atoms with E-state index in [2.05, 4.69) is 146 Å². The molecule has 0 bridgehead atoms. The second kappa shape index (κ2) is 10.8. The quantitative estimate of drug-likeness (QED) is 0.207. The van der Waals surface area contributed by atoms with Crippen molar-refractivity contribution >= 4 is 31.5 Å². The van der Waals surface area contributed by atoms with Crippen LogP contribution in [0.5, 0.6) is 0 Å². The number of fused-ring (bicyclic) bond motifs is 3. The number of aromatic nitrogens is 2. The Hall–Kier alpha value is -5.38. The molecule has 0 fully saturated rings. The van der Waals surface area contributed by atoms with E-state index in [1.807, 2.05) is 23.5 Å². The molecule has 43 heavy (non-hydrogen) atoms. The number of rotatable bonds is 5. The summed E-state index contributed by atoms with van der Waals surface area (Å²) < 4.78 is 2.49. The van der Waals surface area contributed by atoms with Crippen molar-refractivity contribution in [1.82, 2.24) is 9.97 Å². The lowest BCUT2D eigenvalue weighted by atomic mass is 9.93. The highest BCUT2D eigenvalue weighted by atomic mass is 32.1. The summed E-state index contributed by atoms with van der Waals surface area (Å²) in [5, 5.41) is 2.43. The van der Waals surface area contributed by atoms with Gasteiger partial charge in [-0.05, 0) is 40.5 Å². The van der Waals surface area contributed by atoms with Gasteiger partial charge in [0, 0.05) is 36.9 Å². The molecule has 6 aromatic carbocycles. The number of nitrogens with zero attached hydrogens (tertiary/aromatic N) is 2. The van der Waals surface area contributed by atoms with Crippen molar-refractivity contribution in [2.75, 3.05) is 0 Å². The molecule has 0 amide bonds. The van der Waals surface area contributed by atoms with Gasteiger partial charge in [-0.1, -0.05) is 140 Å². The zero-order chi connectivity index (χ0) is 28.6. The minimum absolute atomic E-state index is 0.733. The summed E-state index contributed by atoms with van der Waals surface area (Å²) >= 11 is 1.82. The Balaban J connectivity index is 1.42. The van der Waals surface area contributed by atoms with Crippen LogP contribution in [0, 0.1) is 0 Å². The van der Waals surface area contributed by atoms with Gasteiger partial charge in [-0.15, -0.1) is 11.3 Å². The van der Waals surface area contributed by atoms with E-state index in [0.717, 1.165) is 45.0 Å². The monoisotopic (exact) mass is 566 g/mol. The normalized spacial score (nSPS) is 11.3. The molecule has 2 aromatic heterocycles. The van der Waals surface area contributed by atoms with Crippen LogP contribution in [-0.2, 0) is 0 Å². The van der Waals surface area contributed by atoms with Gasteiger partial charge in [-0.2, -0.15) is 0 Å². The molecule has 202 valence electrons. The summed E-state index contributed by atoms with van der Waals surface area (Å²) in [7, 11) is 0. The minimum atomic E-state index is 0.733. The molecular weight excluding hydrogens is 541 g/mol. The van der Waals surface area contributed by atoms with Crippen LogP contribution in [0.2, 0.25) is 0 Å². The molecule has 0 aliphatic carbocycles. The first-order valence-electron chi connectivity index (χ1n) is 14.4. The maximum atomic E-state index is 5.28. The molecular formula is C40H26N2S. The van der Waals surface area contributed by atoms with Crippen LogP contribution >= 0.6 is 11.3 Å². The van der Waals surface area contributed by atoms with Gasteiger partial charge < -0.3 is 0 Å². The molecule has 0 atom stereocenters. The van der Waals surface area contributed by atoms with Crippen LogP contribution in [0.1, 0.15) is 0 Å². The average molecular weight is 567 g/mol. The molecule has 2 heterocycles. The highest BCUT2D eigenvalue weighted by molar-refractivity contribution is 7.26. The molecule has 0 aliphatic heterocycles. The van der Waals surface area contributed by atoms with Crippen molar-refractivity contribution in [2.45, 2.75) is 0 Å². The zero-order valence-electron chi connectivity index (χ0n) is 23.3. The molecule has 0 spiro atoms. The number of hydrogen-bond donors (Lipinski definition) is 0. The molecule has 0 unspecified atom stereocenters. The highest BCUT2D eigenvalue weighted by Crippen LogP contribution is 2.45. The van der Waals surface area contributed by atoms with Crippen molar-refractivity contribution in [1.29, 1.82) is 0 Å². The Bertz CT molecular complexity index is 2140. The predicted octanol–water partition coefficient (Wildman–Crippen LogP) is 11.2. The second-order valence-electron chi connectivity index (χ2n) is 10.6. The summed E-state index contributed by atoms with van der Waals surface area (Å²) in [5.74, 6) is 0.733. The minimum Gasteiger partial charge on any atom is -0.228 e. The van der Waals surface area contributed by atoms with Crippen molar-refractivity contribution < 1.29 is 0 Å². The predicted molar refractivity (Wildman–Crippen MR) is 182 cm³/mol. The fourth-order valence-corrected chi connectivity index (χ4v) is 6.95. The first-order chi connectivity index (χ1) is 21.3. The Morgan fingerprint density at radius 2 is 0.907 bits per heavy atom. The highest BCUT2D eigenvalue weighted by Gasteiger charge is 2.20. The molecule has 3 heteroatoms. The van der Waals surface area contributed by atoms with Crippen molar-refractivity contribution in [3.05, 3.63) is 158 Å². The van der Waals surface area contributed by atoms with E-state index in [1.165, 1.54) is 31.3 Å². The van der Waals surface area contributed by atoms with Gasteiger partial charge in [-0.25, -0.2) is 9.97 Å². The Morgan fingerprint density at radius 3 is 1.53 bits per heavy atom. The van der Waals surface area contributed by atoms with Crippen LogP contribution in [0.25, 0.3) is 76.3 Å². The molecule has 0 saturated carbocycles. The number of benzene rings is 6. The summed E-state index contributed by atoms with van der Waals surface area (Å²) in [6.45, 7) is 0. The van der Waals surface area contributed by atoms with Gasteiger partial charge in [0.2, 0.25) is 0 Å². The smallest absolute Gasteiger partial charge is 0.161 e. The fourth-order valence-electron chi connectivity index (χ4n) is 5.83. The van der Waals surface area contributed by atoms with E-state index in [1.54, 1.807) is 0 Å². The van der Waals surface area contributed by atoms with Gasteiger partial charge in [0.15, 0.2) is 5.82 Å². The standard InChI is InChI=1S/C40H26N2S/c1-4-12-27(13-5-1)28-20-22-29(23-21-28)32-24-25-37-38(33-18-10-11-19-36(33)43-37)39(32)40-41-34(30-14-6-2-7-15-30)26-35(42-40)31-16-8-3-9-17-31/h1-26H. The van der Waals surface area contributed by atoms with Crippen molar-refractivity contribution in [3.63, 3.8) is 0 Å². The third-order valence-corrected chi connectivity index (χ3v) is 9.07. The summed E-state index contributed by atoms with van der Waals surface area (Å²) in [6, 6.07) is 55.4. The van der Waals surface area contributed by atoms with Crippen LogP contribution in [0.3, 0.4) is 0 Å². The van der Waals surface area contributed by atoms with Gasteiger partial charge in [0.1, 0.15) is 0 Å². The van der Waals surface area contributed by atoms with Crippen LogP contribution in [0.15, 0.2) is 158 Å². The Morgan fingerprint density at radius 1 is 0.395 bits per heavy atom. The van der Waals surface area contributed by atoms with E-state index < -0.39 is 0 Å². The first-order valence-corrected chi connectivity index (χ1v) is 15.2. The van der Waals surface area contributed by atoms with Crippen LogP contribution < -0.4 is 0 Å². The van der Waals surface area contributed by atoms with Crippen LogP contribution in [-0.4, -0.2) is 9.97 Å². The van der Waals surface area contributed by atoms with Gasteiger partial charge in [0.25, 0.3) is 0 Å². The molecule has 0 saturated heterocycles. The third-order valence-electron chi connectivity index (χ3n) is 7.94. The molecule has 8 rings (SSSR count). The van der Waals surface area contributed by atoms with E-state index in [-0.39, 0.29) is 0 Å². The fraction of sp³-hybridized carbons (Fsp3) is 0. The summed E-state index contributed by atoms with van der Waals surface area (Å²) in [4.78, 5) is 10.6. The summed E-state index contributed by atoms with van der Waals surface area (Å²) in [5.41, 5.74) is 9.69. The average Bonchev–Trinajstić information content (AvgIpc) is 3.48. The lowest BCUT2D eigenvalue weighted by Gasteiger charge is -2.15. The number of hydrogen-bond acceptors (Lipinski definition) is 3. The van der Waals surface area contributed by atoms with Crippen molar-refractivity contribution in [3.8, 4) is 56.2 Å². The lowest BCUT2D eigenvalue weighted by Crippen LogP contribution is -1.98. The first kappa shape index (κ1) is 25.3. The Labute approximate surface area is 254 Å². The topological polar surface area (TPSA) is 25.8 Å². The zero-order valence-corrected chi connectivity index (χ0v) is 24.1. The molecule has 0 N–H and O–H groups in total. The molecule has 8 aromatic rings. The molecule has 2 nitrogen and oxygen atoms in total. The summed E-state index contributed by atoms with van der Waals surface area (Å²) in [6.07, 6.45) is 0. The SMILES string of the molecule is c1ccc(-c2ccc(-c3ccc4sc5ccccc5c4c3-c3nc(-c4ccccc4)cc(-c4ccccc4)n3)cc2)cc1. The van der Waals surface area contributed by atoms with E-state index >= 15 is 0 Å². The lowest BCUT2D eigenvalue weighted by molar-refractivity contribution is 1.19. The second-order valence-corrected chi connectivity index (χ2v) is 11.7. The van der Waals surface area contributed by atoms with Gasteiger partial charge >= 0.3 is 0 Å². The molecule has 0 aliphatic rings. The number of thiophene rings is 1. The maximum absolute atomic E-state index is 5.28. The van der Waals surface area contributed by atoms with Crippen molar-refractivity contribution in [2.24, 2.45) is 0 Å². The van der Waals surface area contributed by atoms with Gasteiger partial charge in [0.05, 0.1) is 11.4 Å². The van der Waals surface area contributed by atoms with Gasteiger partial charge in [-0.3, -0.25) is 0 Å². The van der Waals surface area contributed by atoms with E-state index in [4.69, 9.17) is 9.97 Å². The Kier molecular flexibility index (Phi) is 6.36. The third kappa shape index (κ3) is 4.70. The van der Waals surface area contributed by atoms with E-state index in [9.17, 15) is 0 Å². The largest absolute Gasteiger partial charge is 0.228 e. The van der Waals surface area contributed by atoms with E-state index in [0.29, 0.717) is 0 Å². The van der Waals surface area contributed by atoms with Crippen LogP contribution in [0.4, 0.5) is 0 Å². The molecule has 0 radical (unpaired) electrons. The maximum Gasteiger partial charge on any atom is 0.161 e.